The maximum atomic E-state index is 3.77. The average molecular weight is 354 g/mol. The highest BCUT2D eigenvalue weighted by Gasteiger charge is 2.38. The van der Waals surface area contributed by atoms with Crippen LogP contribution in [0.15, 0.2) is 36.0 Å². The van der Waals surface area contributed by atoms with Crippen LogP contribution in [-0.2, 0) is 6.54 Å². The Labute approximate surface area is 159 Å². The Hall–Kier alpha value is -1.32. The van der Waals surface area contributed by atoms with Gasteiger partial charge in [-0.05, 0) is 55.3 Å². The van der Waals surface area contributed by atoms with Gasteiger partial charge in [0, 0.05) is 50.0 Å². The lowest BCUT2D eigenvalue weighted by Crippen LogP contribution is -2.43. The lowest BCUT2D eigenvalue weighted by molar-refractivity contribution is 0.148. The predicted molar refractivity (Wildman–Crippen MR) is 110 cm³/mol. The second kappa shape index (κ2) is 7.74. The standard InChI is InChI=1S/C23H35N3/c1-17-4-9-21-18(2)15-23(22(21)14-17)24-20-7-5-19(6-8-20)16-26-12-10-25(3)11-13-26/h5-8,15,17-18,21-22,24H,4,9-14,16H2,1-3H3/t17-,18?,21+,22-/m1/s1. The summed E-state index contributed by atoms with van der Waals surface area (Å²) >= 11 is 0. The van der Waals surface area contributed by atoms with Crippen LogP contribution < -0.4 is 5.32 Å². The van der Waals surface area contributed by atoms with Gasteiger partial charge in [-0.3, -0.25) is 4.90 Å². The van der Waals surface area contributed by atoms with Crippen LogP contribution >= 0.6 is 0 Å². The van der Waals surface area contributed by atoms with Gasteiger partial charge < -0.3 is 10.2 Å². The monoisotopic (exact) mass is 353 g/mol. The summed E-state index contributed by atoms with van der Waals surface area (Å²) in [4.78, 5) is 4.98. The Morgan fingerprint density at radius 1 is 1.00 bits per heavy atom. The average Bonchev–Trinajstić information content (AvgIpc) is 2.94. The highest BCUT2D eigenvalue weighted by molar-refractivity contribution is 5.50. The number of benzene rings is 1. The topological polar surface area (TPSA) is 18.5 Å². The molecule has 4 atom stereocenters. The van der Waals surface area contributed by atoms with Crippen molar-refractivity contribution in [3.05, 3.63) is 41.6 Å². The van der Waals surface area contributed by atoms with E-state index in [0.29, 0.717) is 0 Å². The van der Waals surface area contributed by atoms with Gasteiger partial charge in [0.15, 0.2) is 0 Å². The van der Waals surface area contributed by atoms with E-state index in [9.17, 15) is 0 Å². The molecule has 3 aliphatic rings. The molecule has 26 heavy (non-hydrogen) atoms. The van der Waals surface area contributed by atoms with E-state index in [1.807, 2.05) is 0 Å². The summed E-state index contributed by atoms with van der Waals surface area (Å²) in [6, 6.07) is 9.16. The molecule has 0 spiro atoms. The fourth-order valence-corrected chi connectivity index (χ4v) is 5.18. The molecule has 1 saturated carbocycles. The van der Waals surface area contributed by atoms with Crippen LogP contribution in [0.4, 0.5) is 5.69 Å². The van der Waals surface area contributed by atoms with Gasteiger partial charge in [0.1, 0.15) is 0 Å². The molecule has 3 nitrogen and oxygen atoms in total. The lowest BCUT2D eigenvalue weighted by atomic mass is 9.73. The molecule has 1 heterocycles. The first kappa shape index (κ1) is 18.1. The van der Waals surface area contributed by atoms with Gasteiger partial charge in [-0.15, -0.1) is 0 Å². The van der Waals surface area contributed by atoms with Crippen molar-refractivity contribution < 1.29 is 0 Å². The van der Waals surface area contributed by atoms with Crippen molar-refractivity contribution in [3.8, 4) is 0 Å². The van der Waals surface area contributed by atoms with E-state index in [4.69, 9.17) is 0 Å². The number of fused-ring (bicyclic) bond motifs is 1. The number of nitrogens with zero attached hydrogens (tertiary/aromatic N) is 2. The summed E-state index contributed by atoms with van der Waals surface area (Å²) in [5, 5.41) is 3.77. The molecule has 1 aromatic rings. The Morgan fingerprint density at radius 3 is 2.46 bits per heavy atom. The molecule has 2 fully saturated rings. The van der Waals surface area contributed by atoms with Gasteiger partial charge >= 0.3 is 0 Å². The van der Waals surface area contributed by atoms with Gasteiger partial charge in [0.2, 0.25) is 0 Å². The minimum atomic E-state index is 0.728. The minimum Gasteiger partial charge on any atom is -0.359 e. The second-order valence-electron chi connectivity index (χ2n) is 9.07. The number of anilines is 1. The maximum absolute atomic E-state index is 3.77. The van der Waals surface area contributed by atoms with Crippen LogP contribution in [0.5, 0.6) is 0 Å². The van der Waals surface area contributed by atoms with Gasteiger partial charge in [-0.25, -0.2) is 0 Å². The number of allylic oxidation sites excluding steroid dienone is 2. The molecule has 4 rings (SSSR count). The summed E-state index contributed by atoms with van der Waals surface area (Å²) in [5.41, 5.74) is 4.17. The molecular weight excluding hydrogens is 318 g/mol. The van der Waals surface area contributed by atoms with E-state index >= 15 is 0 Å². The van der Waals surface area contributed by atoms with Crippen molar-refractivity contribution in [1.82, 2.24) is 9.80 Å². The molecule has 3 heteroatoms. The zero-order valence-corrected chi connectivity index (χ0v) is 16.7. The molecule has 2 aliphatic carbocycles. The van der Waals surface area contributed by atoms with Crippen molar-refractivity contribution in [1.29, 1.82) is 0 Å². The Morgan fingerprint density at radius 2 is 1.73 bits per heavy atom. The molecule has 142 valence electrons. The number of hydrogen-bond donors (Lipinski definition) is 1. The van der Waals surface area contributed by atoms with Gasteiger partial charge in [-0.1, -0.05) is 38.5 Å². The van der Waals surface area contributed by atoms with E-state index in [-0.39, 0.29) is 0 Å². The van der Waals surface area contributed by atoms with Crippen molar-refractivity contribution in [3.63, 3.8) is 0 Å². The fourth-order valence-electron chi connectivity index (χ4n) is 5.18. The van der Waals surface area contributed by atoms with E-state index < -0.39 is 0 Å². The quantitative estimate of drug-likeness (QED) is 0.864. The largest absolute Gasteiger partial charge is 0.359 e. The van der Waals surface area contributed by atoms with Crippen LogP contribution in [-0.4, -0.2) is 43.0 Å². The zero-order valence-electron chi connectivity index (χ0n) is 16.7. The van der Waals surface area contributed by atoms with Gasteiger partial charge in [0.25, 0.3) is 0 Å². The first-order valence-electron chi connectivity index (χ1n) is 10.6. The minimum absolute atomic E-state index is 0.728. The molecule has 0 amide bonds. The Kier molecular flexibility index (Phi) is 5.37. The Bertz CT molecular complexity index is 627. The number of rotatable bonds is 4. The molecule has 1 aliphatic heterocycles. The highest BCUT2D eigenvalue weighted by atomic mass is 15.2. The molecule has 1 saturated heterocycles. The highest BCUT2D eigenvalue weighted by Crippen LogP contribution is 2.47. The van der Waals surface area contributed by atoms with Crippen LogP contribution in [0.1, 0.15) is 38.7 Å². The fraction of sp³-hybridized carbons (Fsp3) is 0.652. The molecule has 0 bridgehead atoms. The van der Waals surface area contributed by atoms with Crippen LogP contribution in [0.2, 0.25) is 0 Å². The van der Waals surface area contributed by atoms with Crippen molar-refractivity contribution in [2.24, 2.45) is 23.7 Å². The van der Waals surface area contributed by atoms with Gasteiger partial charge in [0.05, 0.1) is 0 Å². The SMILES string of the molecule is CC1C=C(Nc2ccc(CN3CCN(C)CC3)cc2)[C@@H]2C[C@H](C)CC[C@@H]12. The summed E-state index contributed by atoms with van der Waals surface area (Å²) < 4.78 is 0. The van der Waals surface area contributed by atoms with Crippen molar-refractivity contribution in [2.75, 3.05) is 38.5 Å². The third kappa shape index (κ3) is 3.99. The molecule has 1 unspecified atom stereocenters. The van der Waals surface area contributed by atoms with Crippen LogP contribution in [0.3, 0.4) is 0 Å². The summed E-state index contributed by atoms with van der Waals surface area (Å²) in [7, 11) is 2.22. The zero-order chi connectivity index (χ0) is 18.1. The smallest absolute Gasteiger partial charge is 0.0382 e. The predicted octanol–water partition coefficient (Wildman–Crippen LogP) is 4.43. The number of nitrogens with one attached hydrogen (secondary N) is 1. The molecule has 0 aromatic heterocycles. The lowest BCUT2D eigenvalue weighted by Gasteiger charge is -2.34. The number of likely N-dealkylation sites (N-methyl/N-ethyl adjacent to an activating group) is 1. The van der Waals surface area contributed by atoms with E-state index in [0.717, 1.165) is 30.2 Å². The Balaban J connectivity index is 1.36. The summed E-state index contributed by atoms with van der Waals surface area (Å²) in [5.74, 6) is 3.22. The van der Waals surface area contributed by atoms with E-state index in [2.05, 4.69) is 66.4 Å². The van der Waals surface area contributed by atoms with Crippen molar-refractivity contribution >= 4 is 5.69 Å². The van der Waals surface area contributed by atoms with Crippen molar-refractivity contribution in [2.45, 2.75) is 39.7 Å². The van der Waals surface area contributed by atoms with Crippen LogP contribution in [0, 0.1) is 23.7 Å². The first-order chi connectivity index (χ1) is 12.6. The van der Waals surface area contributed by atoms with E-state index in [1.54, 1.807) is 0 Å². The normalized spacial score (nSPS) is 33.0. The second-order valence-corrected chi connectivity index (χ2v) is 9.07. The summed E-state index contributed by atoms with van der Waals surface area (Å²) in [6.07, 6.45) is 6.67. The number of hydrogen-bond acceptors (Lipinski definition) is 3. The molecule has 1 aromatic carbocycles. The number of piperazine rings is 1. The third-order valence-corrected chi connectivity index (χ3v) is 6.93. The molecular formula is C23H35N3. The molecule has 1 N–H and O–H groups in total. The van der Waals surface area contributed by atoms with E-state index in [1.165, 1.54) is 62.4 Å². The van der Waals surface area contributed by atoms with Crippen LogP contribution in [0.25, 0.3) is 0 Å². The maximum Gasteiger partial charge on any atom is 0.0382 e. The first-order valence-corrected chi connectivity index (χ1v) is 10.6. The molecule has 0 radical (unpaired) electrons. The van der Waals surface area contributed by atoms with Gasteiger partial charge in [-0.2, -0.15) is 0 Å². The third-order valence-electron chi connectivity index (χ3n) is 6.93. The summed E-state index contributed by atoms with van der Waals surface area (Å²) in [6.45, 7) is 10.6.